The first kappa shape index (κ1) is 11.9. The third kappa shape index (κ3) is 4.06. The van der Waals surface area contributed by atoms with E-state index >= 15 is 0 Å². The van der Waals surface area contributed by atoms with Crippen LogP contribution in [0.4, 0.5) is 5.69 Å². The summed E-state index contributed by atoms with van der Waals surface area (Å²) >= 11 is 0. The van der Waals surface area contributed by atoms with Crippen LogP contribution in [0.2, 0.25) is 0 Å². The Morgan fingerprint density at radius 1 is 1.12 bits per heavy atom. The van der Waals surface area contributed by atoms with Gasteiger partial charge in [0.05, 0.1) is 0 Å². The number of anilines is 1. The highest BCUT2D eigenvalue weighted by Gasteiger charge is 2.06. The summed E-state index contributed by atoms with van der Waals surface area (Å²) in [6.45, 7) is 0. The van der Waals surface area contributed by atoms with Crippen molar-refractivity contribution in [1.82, 2.24) is 0 Å². The molecule has 1 fully saturated rings. The quantitative estimate of drug-likeness (QED) is 0.782. The van der Waals surface area contributed by atoms with Crippen LogP contribution in [0.1, 0.15) is 38.5 Å². The van der Waals surface area contributed by atoms with E-state index < -0.39 is 0 Å². The fraction of sp³-hybridized carbons (Fsp3) is 0.400. The van der Waals surface area contributed by atoms with Crippen molar-refractivity contribution in [2.24, 2.45) is 0 Å². The predicted octanol–water partition coefficient (Wildman–Crippen LogP) is 3.91. The lowest BCUT2D eigenvalue weighted by Gasteiger charge is -2.13. The van der Waals surface area contributed by atoms with Gasteiger partial charge in [-0.3, -0.25) is 4.79 Å². The molecule has 1 aliphatic carbocycles. The minimum absolute atomic E-state index is 0.0780. The van der Waals surface area contributed by atoms with Crippen LogP contribution in [0, 0.1) is 0 Å². The van der Waals surface area contributed by atoms with Crippen molar-refractivity contribution >= 4 is 11.6 Å². The minimum atomic E-state index is 0.0780. The van der Waals surface area contributed by atoms with Crippen molar-refractivity contribution in [1.29, 1.82) is 0 Å². The molecule has 0 aliphatic heterocycles. The lowest BCUT2D eigenvalue weighted by molar-refractivity contribution is -0.115. The Kier molecular flexibility index (Phi) is 4.37. The lowest BCUT2D eigenvalue weighted by Crippen LogP contribution is -2.10. The molecule has 1 aliphatic rings. The number of hydrogen-bond acceptors (Lipinski definition) is 1. The van der Waals surface area contributed by atoms with E-state index in [1.807, 2.05) is 30.3 Å². The zero-order valence-electron chi connectivity index (χ0n) is 10.1. The van der Waals surface area contributed by atoms with Crippen LogP contribution in [0.5, 0.6) is 0 Å². The minimum Gasteiger partial charge on any atom is -0.326 e. The van der Waals surface area contributed by atoms with Crippen molar-refractivity contribution in [2.45, 2.75) is 38.5 Å². The molecule has 90 valence electrons. The van der Waals surface area contributed by atoms with Crippen LogP contribution in [0.3, 0.4) is 0 Å². The van der Waals surface area contributed by atoms with E-state index in [2.05, 4.69) is 11.4 Å². The number of allylic oxidation sites excluding steroid dienone is 1. The molecule has 0 spiro atoms. The summed E-state index contributed by atoms with van der Waals surface area (Å²) in [5, 5.41) is 2.90. The molecule has 0 saturated heterocycles. The molecule has 1 N–H and O–H groups in total. The molecule has 1 aromatic carbocycles. The number of nitrogens with one attached hydrogen (secondary N) is 1. The van der Waals surface area contributed by atoms with Crippen LogP contribution in [-0.2, 0) is 4.79 Å². The molecule has 2 heteroatoms. The van der Waals surface area contributed by atoms with Gasteiger partial charge in [-0.25, -0.2) is 0 Å². The summed E-state index contributed by atoms with van der Waals surface area (Å²) < 4.78 is 0. The van der Waals surface area contributed by atoms with Gasteiger partial charge < -0.3 is 5.32 Å². The molecule has 0 atom stereocenters. The van der Waals surface area contributed by atoms with Crippen LogP contribution in [0.15, 0.2) is 42.0 Å². The van der Waals surface area contributed by atoms with Crippen molar-refractivity contribution in [3.63, 3.8) is 0 Å². The SMILES string of the molecule is O=C(CC=C1CCCCC1)Nc1ccccc1. The standard InChI is InChI=1S/C15H19NO/c17-15(16-14-9-5-2-6-10-14)12-11-13-7-3-1-4-8-13/h2,5-6,9-11H,1,3-4,7-8,12H2,(H,16,17). The van der Waals surface area contributed by atoms with Gasteiger partial charge in [0, 0.05) is 12.1 Å². The summed E-state index contributed by atoms with van der Waals surface area (Å²) in [7, 11) is 0. The third-order valence-electron chi connectivity index (χ3n) is 3.13. The molecule has 0 bridgehead atoms. The number of hydrogen-bond donors (Lipinski definition) is 1. The molecule has 0 heterocycles. The van der Waals surface area contributed by atoms with Gasteiger partial charge in [0.1, 0.15) is 0 Å². The largest absolute Gasteiger partial charge is 0.326 e. The number of benzene rings is 1. The summed E-state index contributed by atoms with van der Waals surface area (Å²) in [4.78, 5) is 11.7. The monoisotopic (exact) mass is 229 g/mol. The highest BCUT2D eigenvalue weighted by Crippen LogP contribution is 2.23. The Balaban J connectivity index is 1.81. The Morgan fingerprint density at radius 3 is 2.53 bits per heavy atom. The predicted molar refractivity (Wildman–Crippen MR) is 70.9 cm³/mol. The maximum absolute atomic E-state index is 11.7. The number of amides is 1. The fourth-order valence-corrected chi connectivity index (χ4v) is 2.18. The van der Waals surface area contributed by atoms with Crippen molar-refractivity contribution < 1.29 is 4.79 Å². The average Bonchev–Trinajstić information content (AvgIpc) is 2.39. The lowest BCUT2D eigenvalue weighted by atomic mass is 9.94. The van der Waals surface area contributed by atoms with Crippen LogP contribution in [-0.4, -0.2) is 5.91 Å². The van der Waals surface area contributed by atoms with Gasteiger partial charge in [-0.1, -0.05) is 36.3 Å². The summed E-state index contributed by atoms with van der Waals surface area (Å²) in [6.07, 6.45) is 8.88. The maximum Gasteiger partial charge on any atom is 0.228 e. The summed E-state index contributed by atoms with van der Waals surface area (Å²) in [5.74, 6) is 0.0780. The molecule has 1 saturated carbocycles. The van der Waals surface area contributed by atoms with Gasteiger partial charge in [-0.2, -0.15) is 0 Å². The van der Waals surface area contributed by atoms with E-state index in [0.717, 1.165) is 5.69 Å². The van der Waals surface area contributed by atoms with E-state index in [9.17, 15) is 4.79 Å². The maximum atomic E-state index is 11.7. The highest BCUT2D eigenvalue weighted by molar-refractivity contribution is 5.91. The van der Waals surface area contributed by atoms with Crippen molar-refractivity contribution in [2.75, 3.05) is 5.32 Å². The smallest absolute Gasteiger partial charge is 0.228 e. The molecule has 0 aromatic heterocycles. The molecule has 17 heavy (non-hydrogen) atoms. The second-order valence-corrected chi connectivity index (χ2v) is 4.54. The third-order valence-corrected chi connectivity index (χ3v) is 3.13. The Hall–Kier alpha value is -1.57. The molecular weight excluding hydrogens is 210 g/mol. The van der Waals surface area contributed by atoms with Crippen molar-refractivity contribution in [3.8, 4) is 0 Å². The Bertz CT molecular complexity index is 387. The number of para-hydroxylation sites is 1. The zero-order valence-corrected chi connectivity index (χ0v) is 10.1. The molecule has 1 amide bonds. The van der Waals surface area contributed by atoms with Gasteiger partial charge in [0.2, 0.25) is 5.91 Å². The molecule has 0 radical (unpaired) electrons. The topological polar surface area (TPSA) is 29.1 Å². The van der Waals surface area contributed by atoms with Crippen LogP contribution < -0.4 is 5.32 Å². The number of rotatable bonds is 3. The van der Waals surface area contributed by atoms with Gasteiger partial charge in [-0.05, 0) is 37.8 Å². The van der Waals surface area contributed by atoms with Crippen LogP contribution >= 0.6 is 0 Å². The summed E-state index contributed by atoms with van der Waals surface area (Å²) in [6, 6.07) is 9.61. The van der Waals surface area contributed by atoms with E-state index in [1.165, 1.54) is 37.7 Å². The van der Waals surface area contributed by atoms with Gasteiger partial charge >= 0.3 is 0 Å². The normalized spacial score (nSPS) is 15.4. The van der Waals surface area contributed by atoms with Crippen LogP contribution in [0.25, 0.3) is 0 Å². The van der Waals surface area contributed by atoms with Gasteiger partial charge in [-0.15, -0.1) is 0 Å². The number of carbonyl (C=O) groups excluding carboxylic acids is 1. The molecule has 2 nitrogen and oxygen atoms in total. The van der Waals surface area contributed by atoms with E-state index in [-0.39, 0.29) is 5.91 Å². The summed E-state index contributed by atoms with van der Waals surface area (Å²) in [5.41, 5.74) is 2.33. The molecular formula is C15H19NO. The second kappa shape index (κ2) is 6.24. The molecule has 1 aromatic rings. The molecule has 0 unspecified atom stereocenters. The Labute approximate surface area is 103 Å². The second-order valence-electron chi connectivity index (χ2n) is 4.54. The first-order valence-electron chi connectivity index (χ1n) is 6.37. The first-order valence-corrected chi connectivity index (χ1v) is 6.37. The van der Waals surface area contributed by atoms with Gasteiger partial charge in [0.25, 0.3) is 0 Å². The zero-order chi connectivity index (χ0) is 11.9. The molecule has 2 rings (SSSR count). The first-order chi connectivity index (χ1) is 8.34. The van der Waals surface area contributed by atoms with Gasteiger partial charge in [0.15, 0.2) is 0 Å². The average molecular weight is 229 g/mol. The van der Waals surface area contributed by atoms with Crippen molar-refractivity contribution in [3.05, 3.63) is 42.0 Å². The Morgan fingerprint density at radius 2 is 1.82 bits per heavy atom. The van der Waals surface area contributed by atoms with E-state index in [0.29, 0.717) is 6.42 Å². The van der Waals surface area contributed by atoms with E-state index in [4.69, 9.17) is 0 Å². The fourth-order valence-electron chi connectivity index (χ4n) is 2.18. The number of carbonyl (C=O) groups is 1. The highest BCUT2D eigenvalue weighted by atomic mass is 16.1. The van der Waals surface area contributed by atoms with E-state index in [1.54, 1.807) is 0 Å².